The number of halogens is 3. The molecule has 0 aromatic heterocycles. The fraction of sp³-hybridized carbons (Fsp3) is 0.833. The van der Waals surface area contributed by atoms with Crippen molar-refractivity contribution in [3.8, 4) is 0 Å². The Labute approximate surface area is 96.8 Å². The summed E-state index contributed by atoms with van der Waals surface area (Å²) in [6, 6.07) is 0. The largest absolute Gasteiger partial charge is 0.402 e. The zero-order valence-electron chi connectivity index (χ0n) is 8.17. The van der Waals surface area contributed by atoms with Gasteiger partial charge in [-0.15, -0.1) is 0 Å². The molecule has 0 unspecified atom stereocenters. The first-order valence-corrected chi connectivity index (χ1v) is 6.11. The van der Waals surface area contributed by atoms with E-state index < -0.39 is 22.9 Å². The smallest absolute Gasteiger partial charge is 0.393 e. The van der Waals surface area contributed by atoms with E-state index >= 15 is 0 Å². The number of thiocarbonyl (C=S) groups is 1. The van der Waals surface area contributed by atoms with Gasteiger partial charge in [-0.25, -0.2) is 4.72 Å². The predicted octanol–water partition coefficient (Wildman–Crippen LogP) is 0.0390. The van der Waals surface area contributed by atoms with E-state index in [0.717, 1.165) is 0 Å². The highest BCUT2D eigenvalue weighted by Crippen LogP contribution is 2.12. The van der Waals surface area contributed by atoms with Crippen LogP contribution in [-0.2, 0) is 10.2 Å². The van der Waals surface area contributed by atoms with E-state index in [9.17, 15) is 21.6 Å². The highest BCUT2D eigenvalue weighted by atomic mass is 32.2. The van der Waals surface area contributed by atoms with Gasteiger partial charge in [0.05, 0.1) is 4.99 Å². The Kier molecular flexibility index (Phi) is 6.15. The van der Waals surface area contributed by atoms with Crippen LogP contribution in [0.15, 0.2) is 0 Å². The van der Waals surface area contributed by atoms with Gasteiger partial charge in [-0.2, -0.15) is 26.3 Å². The number of nitrogens with two attached hydrogens (primary N) is 1. The monoisotopic (exact) mass is 279 g/mol. The lowest BCUT2D eigenvalue weighted by Gasteiger charge is -2.09. The highest BCUT2D eigenvalue weighted by molar-refractivity contribution is 7.87. The first-order chi connectivity index (χ1) is 7.12. The average molecular weight is 279 g/mol. The standard InChI is InChI=1S/C6H12F3N3O2S2/c7-6(8,9)4-12-16(13,14)11-3-1-2-5(10)15/h11-12H,1-4H2,(H2,10,15). The van der Waals surface area contributed by atoms with E-state index in [1.165, 1.54) is 4.72 Å². The fourth-order valence-electron chi connectivity index (χ4n) is 0.697. The number of alkyl halides is 3. The molecule has 96 valence electrons. The molecule has 0 amide bonds. The number of nitrogens with one attached hydrogen (secondary N) is 2. The summed E-state index contributed by atoms with van der Waals surface area (Å²) >= 11 is 4.54. The minimum atomic E-state index is -4.58. The molecule has 0 bridgehead atoms. The molecule has 0 atom stereocenters. The molecule has 0 radical (unpaired) electrons. The number of rotatable bonds is 7. The van der Waals surface area contributed by atoms with Gasteiger partial charge in [0, 0.05) is 6.54 Å². The van der Waals surface area contributed by atoms with E-state index in [1.54, 1.807) is 0 Å². The molecule has 0 heterocycles. The molecule has 5 nitrogen and oxygen atoms in total. The van der Waals surface area contributed by atoms with Crippen molar-refractivity contribution >= 4 is 27.4 Å². The first-order valence-electron chi connectivity index (χ1n) is 4.22. The lowest BCUT2D eigenvalue weighted by molar-refractivity contribution is -0.121. The summed E-state index contributed by atoms with van der Waals surface area (Å²) in [4.78, 5) is 0.224. The Bertz CT molecular complexity index is 328. The SMILES string of the molecule is NC(=S)CCCNS(=O)(=O)NCC(F)(F)F. The third kappa shape index (κ3) is 10.1. The zero-order chi connectivity index (χ0) is 12.8. The molecule has 0 aliphatic heterocycles. The van der Waals surface area contributed by atoms with Crippen LogP contribution in [0.3, 0.4) is 0 Å². The molecule has 4 N–H and O–H groups in total. The third-order valence-corrected chi connectivity index (χ3v) is 2.67. The van der Waals surface area contributed by atoms with Crippen LogP contribution in [0.1, 0.15) is 12.8 Å². The molecule has 0 saturated carbocycles. The Hall–Kier alpha value is -0.450. The van der Waals surface area contributed by atoms with Crippen LogP contribution < -0.4 is 15.2 Å². The van der Waals surface area contributed by atoms with Gasteiger partial charge in [0.15, 0.2) is 0 Å². The Morgan fingerprint density at radius 2 is 1.88 bits per heavy atom. The van der Waals surface area contributed by atoms with Gasteiger partial charge in [-0.3, -0.25) is 0 Å². The van der Waals surface area contributed by atoms with Gasteiger partial charge >= 0.3 is 6.18 Å². The Balaban J connectivity index is 3.84. The molecular weight excluding hydrogens is 267 g/mol. The van der Waals surface area contributed by atoms with E-state index in [0.29, 0.717) is 12.8 Å². The maximum Gasteiger partial charge on any atom is 0.402 e. The van der Waals surface area contributed by atoms with Crippen molar-refractivity contribution in [1.82, 2.24) is 9.44 Å². The normalized spacial score (nSPS) is 12.7. The van der Waals surface area contributed by atoms with Crippen LogP contribution in [0.2, 0.25) is 0 Å². The fourth-order valence-corrected chi connectivity index (χ4v) is 1.71. The van der Waals surface area contributed by atoms with Gasteiger partial charge in [0.25, 0.3) is 10.2 Å². The summed E-state index contributed by atoms with van der Waals surface area (Å²) in [6.07, 6.45) is -3.91. The van der Waals surface area contributed by atoms with Crippen molar-refractivity contribution in [1.29, 1.82) is 0 Å². The molecule has 16 heavy (non-hydrogen) atoms. The topological polar surface area (TPSA) is 84.2 Å². The van der Waals surface area contributed by atoms with E-state index in [1.807, 2.05) is 4.72 Å². The molecule has 10 heteroatoms. The predicted molar refractivity (Wildman–Crippen MR) is 57.0 cm³/mol. The lowest BCUT2D eigenvalue weighted by Crippen LogP contribution is -2.41. The number of hydrogen-bond acceptors (Lipinski definition) is 3. The lowest BCUT2D eigenvalue weighted by atomic mass is 10.3. The van der Waals surface area contributed by atoms with Crippen molar-refractivity contribution in [3.63, 3.8) is 0 Å². The quantitative estimate of drug-likeness (QED) is 0.454. The second kappa shape index (κ2) is 6.33. The van der Waals surface area contributed by atoms with Gasteiger partial charge in [0.2, 0.25) is 0 Å². The van der Waals surface area contributed by atoms with Gasteiger partial charge in [-0.1, -0.05) is 12.2 Å². The van der Waals surface area contributed by atoms with Crippen molar-refractivity contribution in [3.05, 3.63) is 0 Å². The second-order valence-corrected chi connectivity index (χ2v) is 5.01. The molecule has 0 spiro atoms. The van der Waals surface area contributed by atoms with Crippen LogP contribution in [0.25, 0.3) is 0 Å². The van der Waals surface area contributed by atoms with E-state index in [4.69, 9.17) is 5.73 Å². The zero-order valence-corrected chi connectivity index (χ0v) is 9.81. The first kappa shape index (κ1) is 15.6. The van der Waals surface area contributed by atoms with E-state index in [-0.39, 0.29) is 11.5 Å². The molecule has 0 fully saturated rings. The van der Waals surface area contributed by atoms with Gasteiger partial charge < -0.3 is 5.73 Å². The summed E-state index contributed by atoms with van der Waals surface area (Å²) in [5.41, 5.74) is 5.15. The van der Waals surface area contributed by atoms with Crippen LogP contribution >= 0.6 is 12.2 Å². The maximum atomic E-state index is 11.7. The third-order valence-electron chi connectivity index (χ3n) is 1.35. The maximum absolute atomic E-state index is 11.7. The summed E-state index contributed by atoms with van der Waals surface area (Å²) in [5.74, 6) is 0. The van der Waals surface area contributed by atoms with Crippen LogP contribution in [0.4, 0.5) is 13.2 Å². The second-order valence-electron chi connectivity index (χ2n) is 2.90. The average Bonchev–Trinajstić information content (AvgIpc) is 2.08. The molecule has 0 saturated heterocycles. The molecule has 0 rings (SSSR count). The minimum Gasteiger partial charge on any atom is -0.393 e. The van der Waals surface area contributed by atoms with Crippen LogP contribution in [0, 0.1) is 0 Å². The molecule has 0 aliphatic rings. The van der Waals surface area contributed by atoms with Crippen molar-refractivity contribution in [2.45, 2.75) is 19.0 Å². The molecule has 0 aromatic carbocycles. The van der Waals surface area contributed by atoms with Crippen molar-refractivity contribution in [2.24, 2.45) is 5.73 Å². The van der Waals surface area contributed by atoms with Crippen molar-refractivity contribution < 1.29 is 21.6 Å². The summed E-state index contributed by atoms with van der Waals surface area (Å²) in [6.45, 7) is -1.62. The minimum absolute atomic E-state index is 0.0233. The van der Waals surface area contributed by atoms with Crippen LogP contribution in [0.5, 0.6) is 0 Å². The summed E-state index contributed by atoms with van der Waals surface area (Å²) in [7, 11) is -4.12. The summed E-state index contributed by atoms with van der Waals surface area (Å²) < 4.78 is 60.2. The molecular formula is C6H12F3N3O2S2. The Morgan fingerprint density at radius 1 is 1.31 bits per heavy atom. The van der Waals surface area contributed by atoms with E-state index in [2.05, 4.69) is 12.2 Å². The number of hydrogen-bond donors (Lipinski definition) is 3. The van der Waals surface area contributed by atoms with Crippen molar-refractivity contribution in [2.75, 3.05) is 13.1 Å². The van der Waals surface area contributed by atoms with Gasteiger partial charge in [0.1, 0.15) is 6.54 Å². The molecule has 0 aliphatic carbocycles. The van der Waals surface area contributed by atoms with Crippen LogP contribution in [-0.4, -0.2) is 32.7 Å². The highest BCUT2D eigenvalue weighted by Gasteiger charge is 2.29. The summed E-state index contributed by atoms with van der Waals surface area (Å²) in [5, 5.41) is 0. The van der Waals surface area contributed by atoms with Gasteiger partial charge in [-0.05, 0) is 12.8 Å². The Morgan fingerprint density at radius 3 is 2.31 bits per heavy atom. The molecule has 0 aromatic rings.